The first-order valence-electron chi connectivity index (χ1n) is 4.13. The highest BCUT2D eigenvalue weighted by molar-refractivity contribution is 5.54. The molecule has 0 spiro atoms. The van der Waals surface area contributed by atoms with Crippen LogP contribution >= 0.6 is 0 Å². The zero-order valence-corrected chi connectivity index (χ0v) is 7.95. The third-order valence-electron chi connectivity index (χ3n) is 1.86. The van der Waals surface area contributed by atoms with E-state index in [4.69, 9.17) is 10.00 Å². The number of aromatic hydroxyl groups is 1. The number of nitriles is 1. The Labute approximate surface area is 82.9 Å². The molecule has 0 heterocycles. The Morgan fingerprint density at radius 1 is 1.64 bits per heavy atom. The van der Waals surface area contributed by atoms with Gasteiger partial charge in [-0.1, -0.05) is 6.08 Å². The van der Waals surface area contributed by atoms with Crippen LogP contribution in [0.25, 0.3) is 0 Å². The molecule has 0 radical (unpaired) electrons. The smallest absolute Gasteiger partial charge is 0.175 e. The van der Waals surface area contributed by atoms with E-state index in [9.17, 15) is 5.11 Å². The normalized spacial score (nSPS) is 9.14. The second-order valence-electron chi connectivity index (χ2n) is 2.80. The fourth-order valence-electron chi connectivity index (χ4n) is 1.19. The summed E-state index contributed by atoms with van der Waals surface area (Å²) in [7, 11) is 1.45. The van der Waals surface area contributed by atoms with Crippen LogP contribution in [0.4, 0.5) is 0 Å². The van der Waals surface area contributed by atoms with E-state index in [0.29, 0.717) is 12.2 Å². The summed E-state index contributed by atoms with van der Waals surface area (Å²) in [4.78, 5) is 0. The van der Waals surface area contributed by atoms with Crippen molar-refractivity contribution in [1.29, 1.82) is 5.26 Å². The van der Waals surface area contributed by atoms with Gasteiger partial charge in [-0.05, 0) is 24.1 Å². The van der Waals surface area contributed by atoms with Crippen molar-refractivity contribution in [3.8, 4) is 17.6 Å². The van der Waals surface area contributed by atoms with Gasteiger partial charge >= 0.3 is 0 Å². The number of allylic oxidation sites excluding steroid dienone is 1. The summed E-state index contributed by atoms with van der Waals surface area (Å²) >= 11 is 0. The largest absolute Gasteiger partial charge is 0.503 e. The number of hydrogen-bond acceptors (Lipinski definition) is 3. The molecule has 1 N–H and O–H groups in total. The molecule has 0 bridgehead atoms. The van der Waals surface area contributed by atoms with E-state index in [2.05, 4.69) is 6.58 Å². The number of ether oxygens (including phenoxy) is 1. The predicted octanol–water partition coefficient (Wildman–Crippen LogP) is 2.00. The van der Waals surface area contributed by atoms with Crippen molar-refractivity contribution in [2.45, 2.75) is 6.42 Å². The van der Waals surface area contributed by atoms with Crippen LogP contribution in [0.1, 0.15) is 11.1 Å². The summed E-state index contributed by atoms with van der Waals surface area (Å²) in [6.45, 7) is 3.60. The Morgan fingerprint density at radius 2 is 2.36 bits per heavy atom. The highest BCUT2D eigenvalue weighted by Crippen LogP contribution is 2.31. The minimum Gasteiger partial charge on any atom is -0.503 e. The highest BCUT2D eigenvalue weighted by Gasteiger charge is 2.09. The quantitative estimate of drug-likeness (QED) is 0.740. The Bertz CT molecular complexity index is 391. The molecule has 0 atom stereocenters. The van der Waals surface area contributed by atoms with Crippen LogP contribution < -0.4 is 4.74 Å². The number of benzene rings is 1. The molecule has 0 saturated carbocycles. The number of phenols is 1. The average molecular weight is 189 g/mol. The number of methoxy groups -OCH3 is 1. The molecule has 0 saturated heterocycles. The van der Waals surface area contributed by atoms with Crippen molar-refractivity contribution in [3.05, 3.63) is 35.9 Å². The van der Waals surface area contributed by atoms with Gasteiger partial charge in [0, 0.05) is 0 Å². The first kappa shape index (κ1) is 10.1. The van der Waals surface area contributed by atoms with Crippen LogP contribution in [-0.2, 0) is 6.42 Å². The summed E-state index contributed by atoms with van der Waals surface area (Å²) < 4.78 is 4.94. The van der Waals surface area contributed by atoms with Gasteiger partial charge in [-0.2, -0.15) is 5.26 Å². The second kappa shape index (κ2) is 4.33. The molecule has 3 nitrogen and oxygen atoms in total. The lowest BCUT2D eigenvalue weighted by Crippen LogP contribution is -1.90. The Balaban J connectivity index is 3.26. The van der Waals surface area contributed by atoms with E-state index in [1.165, 1.54) is 7.11 Å². The molecule has 0 aromatic heterocycles. The monoisotopic (exact) mass is 189 g/mol. The van der Waals surface area contributed by atoms with Crippen molar-refractivity contribution in [3.63, 3.8) is 0 Å². The molecule has 14 heavy (non-hydrogen) atoms. The molecule has 0 aliphatic rings. The summed E-state index contributed by atoms with van der Waals surface area (Å²) in [6, 6.07) is 5.22. The molecular formula is C11H11NO2. The third-order valence-corrected chi connectivity index (χ3v) is 1.86. The van der Waals surface area contributed by atoms with Crippen LogP contribution in [0.3, 0.4) is 0 Å². The predicted molar refractivity (Wildman–Crippen MR) is 53.3 cm³/mol. The maximum absolute atomic E-state index is 9.51. The lowest BCUT2D eigenvalue weighted by molar-refractivity contribution is 0.372. The number of hydrogen-bond donors (Lipinski definition) is 1. The second-order valence-corrected chi connectivity index (χ2v) is 2.80. The van der Waals surface area contributed by atoms with E-state index >= 15 is 0 Å². The summed E-state index contributed by atoms with van der Waals surface area (Å²) in [5.74, 6) is 0.212. The molecule has 3 heteroatoms. The van der Waals surface area contributed by atoms with Crippen molar-refractivity contribution < 1.29 is 9.84 Å². The number of nitrogens with zero attached hydrogens (tertiary/aromatic N) is 1. The van der Waals surface area contributed by atoms with Gasteiger partial charge in [0.1, 0.15) is 6.07 Å². The number of phenolic OH excluding ortho intramolecular Hbond substituents is 1. The average Bonchev–Trinajstić information content (AvgIpc) is 2.20. The highest BCUT2D eigenvalue weighted by atomic mass is 16.5. The molecule has 1 aromatic rings. The van der Waals surface area contributed by atoms with Crippen LogP contribution in [-0.4, -0.2) is 12.2 Å². The first-order valence-corrected chi connectivity index (χ1v) is 4.13. The molecule has 0 aliphatic heterocycles. The standard InChI is InChI=1S/C11H11NO2/c1-3-4-8-5-9(7-12)11(13)10(6-8)14-2/h3,5-6,13H,1,4H2,2H3. The Kier molecular flexibility index (Phi) is 3.14. The molecule has 0 fully saturated rings. The maximum atomic E-state index is 9.51. The van der Waals surface area contributed by atoms with Gasteiger partial charge < -0.3 is 9.84 Å². The van der Waals surface area contributed by atoms with Crippen molar-refractivity contribution in [2.75, 3.05) is 7.11 Å². The van der Waals surface area contributed by atoms with Crippen LogP contribution in [0.15, 0.2) is 24.8 Å². The van der Waals surface area contributed by atoms with Crippen molar-refractivity contribution in [1.82, 2.24) is 0 Å². The summed E-state index contributed by atoms with van der Waals surface area (Å²) in [6.07, 6.45) is 2.37. The first-order chi connectivity index (χ1) is 6.72. The Morgan fingerprint density at radius 3 is 2.86 bits per heavy atom. The zero-order chi connectivity index (χ0) is 10.6. The van der Waals surface area contributed by atoms with Gasteiger partial charge in [-0.15, -0.1) is 6.58 Å². The molecule has 1 aromatic carbocycles. The molecule has 72 valence electrons. The maximum Gasteiger partial charge on any atom is 0.175 e. The van der Waals surface area contributed by atoms with E-state index < -0.39 is 0 Å². The van der Waals surface area contributed by atoms with Gasteiger partial charge in [0.05, 0.1) is 12.7 Å². The van der Waals surface area contributed by atoms with E-state index in [-0.39, 0.29) is 11.3 Å². The van der Waals surface area contributed by atoms with E-state index in [1.54, 1.807) is 18.2 Å². The van der Waals surface area contributed by atoms with Crippen LogP contribution in [0, 0.1) is 11.3 Å². The van der Waals surface area contributed by atoms with Crippen molar-refractivity contribution >= 4 is 0 Å². The molecule has 0 unspecified atom stereocenters. The minimum atomic E-state index is -0.109. The van der Waals surface area contributed by atoms with Crippen LogP contribution in [0.5, 0.6) is 11.5 Å². The van der Waals surface area contributed by atoms with E-state index in [1.807, 2.05) is 6.07 Å². The van der Waals surface area contributed by atoms with Gasteiger partial charge in [0.15, 0.2) is 11.5 Å². The lowest BCUT2D eigenvalue weighted by Gasteiger charge is -2.06. The van der Waals surface area contributed by atoms with Crippen molar-refractivity contribution in [2.24, 2.45) is 0 Å². The Hall–Kier alpha value is -1.95. The fourth-order valence-corrected chi connectivity index (χ4v) is 1.19. The lowest BCUT2D eigenvalue weighted by atomic mass is 10.1. The van der Waals surface area contributed by atoms with Gasteiger partial charge in [-0.25, -0.2) is 0 Å². The fraction of sp³-hybridized carbons (Fsp3) is 0.182. The summed E-state index contributed by atoms with van der Waals surface area (Å²) in [5.41, 5.74) is 1.12. The topological polar surface area (TPSA) is 53.2 Å². The molecule has 1 rings (SSSR count). The van der Waals surface area contributed by atoms with Gasteiger partial charge in [-0.3, -0.25) is 0 Å². The SMILES string of the molecule is C=CCc1cc(C#N)c(O)c(OC)c1. The number of rotatable bonds is 3. The van der Waals surface area contributed by atoms with Gasteiger partial charge in [0.25, 0.3) is 0 Å². The van der Waals surface area contributed by atoms with Crippen LogP contribution in [0.2, 0.25) is 0 Å². The third kappa shape index (κ3) is 1.86. The van der Waals surface area contributed by atoms with E-state index in [0.717, 1.165) is 5.56 Å². The summed E-state index contributed by atoms with van der Waals surface area (Å²) in [5, 5.41) is 18.2. The zero-order valence-electron chi connectivity index (χ0n) is 7.95. The molecule has 0 aliphatic carbocycles. The molecular weight excluding hydrogens is 178 g/mol. The minimum absolute atomic E-state index is 0.109. The molecule has 0 amide bonds. The van der Waals surface area contributed by atoms with Gasteiger partial charge in [0.2, 0.25) is 0 Å².